The normalized spacial score (nSPS) is 25.8. The van der Waals surface area contributed by atoms with Crippen molar-refractivity contribution in [1.82, 2.24) is 10.6 Å². The van der Waals surface area contributed by atoms with E-state index in [0.29, 0.717) is 5.92 Å². The third-order valence-corrected chi connectivity index (χ3v) is 3.58. The Morgan fingerprint density at radius 3 is 2.61 bits per heavy atom. The topological polar surface area (TPSA) is 78.4 Å². The summed E-state index contributed by atoms with van der Waals surface area (Å²) in [6.45, 7) is 6.75. The molecule has 5 nitrogen and oxygen atoms in total. The molecule has 1 aliphatic heterocycles. The second kappa shape index (κ2) is 6.73. The molecule has 5 heteroatoms. The second-order valence-corrected chi connectivity index (χ2v) is 5.51. The van der Waals surface area contributed by atoms with Gasteiger partial charge in [-0.15, -0.1) is 0 Å². The molecule has 3 atom stereocenters. The van der Waals surface area contributed by atoms with Crippen molar-refractivity contribution in [3.05, 3.63) is 0 Å². The third kappa shape index (κ3) is 4.29. The molecule has 1 aliphatic rings. The Hall–Kier alpha value is -1.10. The number of carbonyl (C=O) groups is 2. The number of hydrogen-bond donors (Lipinski definition) is 3. The van der Waals surface area contributed by atoms with Gasteiger partial charge >= 0.3 is 5.97 Å². The van der Waals surface area contributed by atoms with E-state index in [2.05, 4.69) is 17.6 Å². The third-order valence-electron chi connectivity index (χ3n) is 3.58. The number of rotatable bonds is 5. The van der Waals surface area contributed by atoms with Crippen molar-refractivity contribution in [2.45, 2.75) is 52.1 Å². The maximum atomic E-state index is 12.1. The fraction of sp³-hybridized carbons (Fsp3) is 0.846. The van der Waals surface area contributed by atoms with Gasteiger partial charge in [0, 0.05) is 6.04 Å². The summed E-state index contributed by atoms with van der Waals surface area (Å²) in [6, 6.07) is -0.486. The van der Waals surface area contributed by atoms with Gasteiger partial charge in [-0.2, -0.15) is 0 Å². The molecule has 0 spiro atoms. The van der Waals surface area contributed by atoms with Crippen LogP contribution in [0.3, 0.4) is 0 Å². The van der Waals surface area contributed by atoms with Crippen LogP contribution in [0.1, 0.15) is 40.0 Å². The summed E-state index contributed by atoms with van der Waals surface area (Å²) in [6.07, 6.45) is 2.11. The zero-order valence-electron chi connectivity index (χ0n) is 11.4. The van der Waals surface area contributed by atoms with Gasteiger partial charge in [-0.1, -0.05) is 20.8 Å². The Morgan fingerprint density at radius 2 is 2.11 bits per heavy atom. The van der Waals surface area contributed by atoms with Gasteiger partial charge in [0.25, 0.3) is 0 Å². The van der Waals surface area contributed by atoms with E-state index in [4.69, 9.17) is 5.11 Å². The number of carbonyl (C=O) groups excluding carboxylic acids is 1. The molecule has 104 valence electrons. The summed E-state index contributed by atoms with van der Waals surface area (Å²) in [5.74, 6) is -0.527. The molecule has 18 heavy (non-hydrogen) atoms. The molecule has 1 heterocycles. The molecular formula is C13H24N2O3. The molecule has 0 aliphatic carbocycles. The van der Waals surface area contributed by atoms with E-state index in [1.165, 1.54) is 0 Å². The maximum absolute atomic E-state index is 12.1. The van der Waals surface area contributed by atoms with Crippen LogP contribution in [0.5, 0.6) is 0 Å². The van der Waals surface area contributed by atoms with Crippen molar-refractivity contribution in [2.75, 3.05) is 6.54 Å². The lowest BCUT2D eigenvalue weighted by molar-refractivity contribution is -0.138. The summed E-state index contributed by atoms with van der Waals surface area (Å²) in [7, 11) is 0. The first-order valence-corrected chi connectivity index (χ1v) is 6.67. The first-order chi connectivity index (χ1) is 8.41. The van der Waals surface area contributed by atoms with E-state index in [9.17, 15) is 9.59 Å². The average Bonchev–Trinajstić information content (AvgIpc) is 2.27. The molecule has 0 aromatic rings. The molecule has 0 aromatic carbocycles. The Morgan fingerprint density at radius 1 is 1.44 bits per heavy atom. The van der Waals surface area contributed by atoms with Crippen LogP contribution < -0.4 is 10.6 Å². The quantitative estimate of drug-likeness (QED) is 0.685. The highest BCUT2D eigenvalue weighted by atomic mass is 16.4. The standard InChI is InChI=1S/C13H24N2O3/c1-8(2)10(7-11(16)17)15-13(18)12-9(3)5-4-6-14-12/h8-10,12,14H,4-7H2,1-3H3,(H,15,18)(H,16,17). The monoisotopic (exact) mass is 256 g/mol. The van der Waals surface area contributed by atoms with Gasteiger partial charge in [0.2, 0.25) is 5.91 Å². The first kappa shape index (κ1) is 15.0. The average molecular weight is 256 g/mol. The molecular weight excluding hydrogens is 232 g/mol. The van der Waals surface area contributed by atoms with Crippen molar-refractivity contribution in [3.63, 3.8) is 0 Å². The predicted octanol–water partition coefficient (Wildman–Crippen LogP) is 0.990. The van der Waals surface area contributed by atoms with Crippen LogP contribution in [-0.4, -0.2) is 35.6 Å². The highest BCUT2D eigenvalue weighted by Gasteiger charge is 2.29. The molecule has 0 bridgehead atoms. The Bertz CT molecular complexity index is 305. The lowest BCUT2D eigenvalue weighted by atomic mass is 9.91. The number of nitrogens with one attached hydrogen (secondary N) is 2. The molecule has 0 radical (unpaired) electrons. The largest absolute Gasteiger partial charge is 0.481 e. The number of carboxylic acids is 1. The minimum atomic E-state index is -0.876. The molecule has 1 rings (SSSR count). The smallest absolute Gasteiger partial charge is 0.305 e. The SMILES string of the molecule is CC(C)C(CC(=O)O)NC(=O)C1NCCCC1C. The molecule has 3 N–H and O–H groups in total. The molecule has 1 fully saturated rings. The molecule has 3 unspecified atom stereocenters. The van der Waals surface area contributed by atoms with Crippen LogP contribution in [0.2, 0.25) is 0 Å². The molecule has 0 saturated carbocycles. The van der Waals surface area contributed by atoms with Gasteiger partial charge in [0.1, 0.15) is 0 Å². The Kier molecular flexibility index (Phi) is 5.59. The minimum Gasteiger partial charge on any atom is -0.481 e. The zero-order valence-corrected chi connectivity index (χ0v) is 11.4. The minimum absolute atomic E-state index is 0.0233. The summed E-state index contributed by atoms with van der Waals surface area (Å²) in [5, 5.41) is 14.9. The molecule has 0 aromatic heterocycles. The van der Waals surface area contributed by atoms with Crippen LogP contribution in [0.25, 0.3) is 0 Å². The van der Waals surface area contributed by atoms with Gasteiger partial charge in [0.15, 0.2) is 0 Å². The number of hydrogen-bond acceptors (Lipinski definition) is 3. The predicted molar refractivity (Wildman–Crippen MR) is 69.2 cm³/mol. The van der Waals surface area contributed by atoms with E-state index in [1.807, 2.05) is 13.8 Å². The van der Waals surface area contributed by atoms with E-state index in [-0.39, 0.29) is 30.3 Å². The van der Waals surface area contributed by atoms with Gasteiger partial charge in [-0.25, -0.2) is 0 Å². The van der Waals surface area contributed by atoms with E-state index in [0.717, 1.165) is 19.4 Å². The van der Waals surface area contributed by atoms with Crippen molar-refractivity contribution in [2.24, 2.45) is 11.8 Å². The molecule has 1 saturated heterocycles. The van der Waals surface area contributed by atoms with E-state index >= 15 is 0 Å². The van der Waals surface area contributed by atoms with Gasteiger partial charge in [-0.3, -0.25) is 9.59 Å². The first-order valence-electron chi connectivity index (χ1n) is 6.67. The van der Waals surface area contributed by atoms with Crippen LogP contribution in [0.4, 0.5) is 0 Å². The van der Waals surface area contributed by atoms with Crippen LogP contribution in [0.15, 0.2) is 0 Å². The number of carboxylic acid groups (broad SMARTS) is 1. The van der Waals surface area contributed by atoms with E-state index in [1.54, 1.807) is 0 Å². The maximum Gasteiger partial charge on any atom is 0.305 e. The van der Waals surface area contributed by atoms with Crippen LogP contribution in [-0.2, 0) is 9.59 Å². The fourth-order valence-corrected chi connectivity index (χ4v) is 2.31. The summed E-state index contributed by atoms with van der Waals surface area (Å²) in [4.78, 5) is 22.9. The number of amides is 1. The van der Waals surface area contributed by atoms with Crippen molar-refractivity contribution in [1.29, 1.82) is 0 Å². The van der Waals surface area contributed by atoms with Gasteiger partial charge in [-0.05, 0) is 31.2 Å². The van der Waals surface area contributed by atoms with Crippen LogP contribution >= 0.6 is 0 Å². The molecule has 1 amide bonds. The Labute approximate surface area is 108 Å². The lowest BCUT2D eigenvalue weighted by Gasteiger charge is -2.31. The second-order valence-electron chi connectivity index (χ2n) is 5.51. The summed E-state index contributed by atoms with van der Waals surface area (Å²) in [5.41, 5.74) is 0. The zero-order chi connectivity index (χ0) is 13.7. The fourth-order valence-electron chi connectivity index (χ4n) is 2.31. The van der Waals surface area contributed by atoms with Crippen molar-refractivity contribution in [3.8, 4) is 0 Å². The van der Waals surface area contributed by atoms with Crippen LogP contribution in [0, 0.1) is 11.8 Å². The Balaban J connectivity index is 2.57. The van der Waals surface area contributed by atoms with E-state index < -0.39 is 5.97 Å². The summed E-state index contributed by atoms with van der Waals surface area (Å²) >= 11 is 0. The van der Waals surface area contributed by atoms with Crippen molar-refractivity contribution < 1.29 is 14.7 Å². The van der Waals surface area contributed by atoms with Crippen molar-refractivity contribution >= 4 is 11.9 Å². The lowest BCUT2D eigenvalue weighted by Crippen LogP contribution is -2.54. The number of aliphatic carboxylic acids is 1. The van der Waals surface area contributed by atoms with Gasteiger partial charge < -0.3 is 15.7 Å². The summed E-state index contributed by atoms with van der Waals surface area (Å²) < 4.78 is 0. The number of piperidine rings is 1. The van der Waals surface area contributed by atoms with Gasteiger partial charge in [0.05, 0.1) is 12.5 Å². The highest BCUT2D eigenvalue weighted by molar-refractivity contribution is 5.83. The highest BCUT2D eigenvalue weighted by Crippen LogP contribution is 2.16.